The SMILES string of the molecule is CC(C)C1CCc2cc(O)c(N3C=C(O)NS3(=O)=O)cc2C1. The quantitative estimate of drug-likeness (QED) is 0.777. The van der Waals surface area contributed by atoms with E-state index in [-0.39, 0.29) is 11.4 Å². The number of hydrogen-bond donors (Lipinski definition) is 3. The molecule has 0 aromatic heterocycles. The third kappa shape index (κ3) is 2.49. The number of aryl methyl sites for hydroxylation is 1. The average Bonchev–Trinajstić information content (AvgIpc) is 2.70. The molecular weight excluding hydrogens is 304 g/mol. The number of aliphatic hydroxyl groups is 1. The van der Waals surface area contributed by atoms with Gasteiger partial charge in [0.15, 0.2) is 0 Å². The molecule has 1 atom stereocenters. The van der Waals surface area contributed by atoms with E-state index in [1.54, 1.807) is 12.1 Å². The number of nitrogens with one attached hydrogen (secondary N) is 1. The second-order valence-electron chi connectivity index (χ2n) is 6.27. The first-order valence-corrected chi connectivity index (χ1v) is 8.79. The lowest BCUT2D eigenvalue weighted by molar-refractivity contribution is 0.342. The fourth-order valence-corrected chi connectivity index (χ4v) is 4.20. The van der Waals surface area contributed by atoms with Gasteiger partial charge in [-0.3, -0.25) is 0 Å². The predicted octanol–water partition coefficient (Wildman–Crippen LogP) is 2.16. The van der Waals surface area contributed by atoms with E-state index >= 15 is 0 Å². The molecule has 22 heavy (non-hydrogen) atoms. The molecule has 1 aromatic rings. The van der Waals surface area contributed by atoms with E-state index in [1.165, 1.54) is 0 Å². The van der Waals surface area contributed by atoms with E-state index in [9.17, 15) is 18.6 Å². The van der Waals surface area contributed by atoms with Crippen molar-refractivity contribution in [3.8, 4) is 5.75 Å². The van der Waals surface area contributed by atoms with Crippen LogP contribution in [0.15, 0.2) is 24.2 Å². The van der Waals surface area contributed by atoms with Crippen LogP contribution in [0.5, 0.6) is 5.75 Å². The lowest BCUT2D eigenvalue weighted by Gasteiger charge is -2.29. The molecular formula is C15H20N2O4S. The van der Waals surface area contributed by atoms with Gasteiger partial charge in [-0.2, -0.15) is 8.42 Å². The van der Waals surface area contributed by atoms with Gasteiger partial charge in [0.2, 0.25) is 5.88 Å². The minimum atomic E-state index is -3.89. The second kappa shape index (κ2) is 5.08. The number of aromatic hydroxyl groups is 1. The molecule has 1 aliphatic heterocycles. The highest BCUT2D eigenvalue weighted by Crippen LogP contribution is 2.39. The van der Waals surface area contributed by atoms with Gasteiger partial charge in [0.05, 0.1) is 6.20 Å². The summed E-state index contributed by atoms with van der Waals surface area (Å²) in [5.41, 5.74) is 2.29. The van der Waals surface area contributed by atoms with Crippen molar-refractivity contribution in [2.45, 2.75) is 33.1 Å². The summed E-state index contributed by atoms with van der Waals surface area (Å²) in [6.07, 6.45) is 3.89. The Hall–Kier alpha value is -1.89. The molecule has 0 saturated carbocycles. The third-order valence-electron chi connectivity index (χ3n) is 4.48. The highest BCUT2D eigenvalue weighted by molar-refractivity contribution is 7.91. The molecule has 0 radical (unpaired) electrons. The number of nitrogens with zero attached hydrogens (tertiary/aromatic N) is 1. The number of aliphatic hydroxyl groups excluding tert-OH is 1. The first-order valence-electron chi connectivity index (χ1n) is 7.35. The Morgan fingerprint density at radius 1 is 1.27 bits per heavy atom. The molecule has 0 fully saturated rings. The van der Waals surface area contributed by atoms with Crippen LogP contribution >= 0.6 is 0 Å². The minimum absolute atomic E-state index is 0.0990. The summed E-state index contributed by atoms with van der Waals surface area (Å²) in [7, 11) is -3.89. The van der Waals surface area contributed by atoms with E-state index in [2.05, 4.69) is 13.8 Å². The van der Waals surface area contributed by atoms with E-state index in [1.807, 2.05) is 4.72 Å². The van der Waals surface area contributed by atoms with Crippen LogP contribution in [-0.4, -0.2) is 18.6 Å². The molecule has 1 aliphatic carbocycles. The van der Waals surface area contributed by atoms with Crippen molar-refractivity contribution >= 4 is 15.9 Å². The molecule has 1 aromatic carbocycles. The fourth-order valence-electron chi connectivity index (χ4n) is 3.14. The van der Waals surface area contributed by atoms with Crippen LogP contribution in [0.1, 0.15) is 31.4 Å². The van der Waals surface area contributed by atoms with Crippen LogP contribution in [0, 0.1) is 11.8 Å². The fraction of sp³-hybridized carbons (Fsp3) is 0.467. The Kier molecular flexibility index (Phi) is 3.47. The largest absolute Gasteiger partial charge is 0.506 e. The van der Waals surface area contributed by atoms with Crippen molar-refractivity contribution in [2.75, 3.05) is 4.31 Å². The van der Waals surface area contributed by atoms with Crippen LogP contribution in [0.3, 0.4) is 0 Å². The summed E-state index contributed by atoms with van der Waals surface area (Å²) >= 11 is 0. The second-order valence-corrected chi connectivity index (χ2v) is 7.82. The van der Waals surface area contributed by atoms with Gasteiger partial charge in [-0.15, -0.1) is 0 Å². The maximum Gasteiger partial charge on any atom is 0.330 e. The van der Waals surface area contributed by atoms with Crippen molar-refractivity contribution < 1.29 is 18.6 Å². The smallest absolute Gasteiger partial charge is 0.330 e. The van der Waals surface area contributed by atoms with Crippen molar-refractivity contribution in [1.82, 2.24) is 4.72 Å². The zero-order valence-corrected chi connectivity index (χ0v) is 13.4. The Labute approximate surface area is 130 Å². The molecule has 3 rings (SSSR count). The van der Waals surface area contributed by atoms with Gasteiger partial charge in [0, 0.05) is 0 Å². The molecule has 120 valence electrons. The Balaban J connectivity index is 2.03. The zero-order valence-electron chi connectivity index (χ0n) is 12.6. The van der Waals surface area contributed by atoms with Gasteiger partial charge >= 0.3 is 10.2 Å². The normalized spacial score (nSPS) is 23.1. The number of phenolic OH excluding ortho intramolecular Hbond substituents is 1. The van der Waals surface area contributed by atoms with Crippen molar-refractivity contribution in [3.63, 3.8) is 0 Å². The summed E-state index contributed by atoms with van der Waals surface area (Å²) in [5, 5.41) is 19.6. The van der Waals surface area contributed by atoms with E-state index in [4.69, 9.17) is 0 Å². The summed E-state index contributed by atoms with van der Waals surface area (Å²) in [5.74, 6) is 0.559. The molecule has 2 aliphatic rings. The number of hydrogen-bond acceptors (Lipinski definition) is 4. The standard InChI is InChI=1S/C15H20N2O4S/c1-9(2)10-3-4-11-7-14(18)13(6-12(11)5-10)17-8-15(19)16-22(17,20)21/h6-10,16,18-19H,3-5H2,1-2H3. The summed E-state index contributed by atoms with van der Waals surface area (Å²) in [6, 6.07) is 3.35. The number of fused-ring (bicyclic) bond motifs is 1. The highest BCUT2D eigenvalue weighted by Gasteiger charge is 2.32. The summed E-state index contributed by atoms with van der Waals surface area (Å²) < 4.78 is 26.8. The van der Waals surface area contributed by atoms with Gasteiger partial charge < -0.3 is 10.2 Å². The molecule has 7 heteroatoms. The van der Waals surface area contributed by atoms with Crippen LogP contribution in [0.4, 0.5) is 5.69 Å². The van der Waals surface area contributed by atoms with Gasteiger partial charge in [-0.05, 0) is 54.4 Å². The van der Waals surface area contributed by atoms with Crippen LogP contribution in [0.2, 0.25) is 0 Å². The lowest BCUT2D eigenvalue weighted by Crippen LogP contribution is -2.30. The Morgan fingerprint density at radius 3 is 2.59 bits per heavy atom. The van der Waals surface area contributed by atoms with Gasteiger partial charge in [-0.1, -0.05) is 13.8 Å². The zero-order chi connectivity index (χ0) is 16.1. The molecule has 0 bridgehead atoms. The van der Waals surface area contributed by atoms with Crippen LogP contribution in [-0.2, 0) is 23.1 Å². The molecule has 3 N–H and O–H groups in total. The van der Waals surface area contributed by atoms with Gasteiger partial charge in [-0.25, -0.2) is 9.03 Å². The topological polar surface area (TPSA) is 89.9 Å². The first kappa shape index (κ1) is 15.0. The predicted molar refractivity (Wildman–Crippen MR) is 83.7 cm³/mol. The molecule has 0 spiro atoms. The van der Waals surface area contributed by atoms with Gasteiger partial charge in [0.25, 0.3) is 0 Å². The third-order valence-corrected chi connectivity index (χ3v) is 5.76. The molecule has 0 amide bonds. The highest BCUT2D eigenvalue weighted by atomic mass is 32.2. The molecule has 1 heterocycles. The van der Waals surface area contributed by atoms with Crippen LogP contribution < -0.4 is 9.03 Å². The number of rotatable bonds is 2. The van der Waals surface area contributed by atoms with Crippen molar-refractivity contribution in [1.29, 1.82) is 0 Å². The summed E-state index contributed by atoms with van der Waals surface area (Å²) in [4.78, 5) is 0. The number of anilines is 1. The molecule has 0 saturated heterocycles. The lowest BCUT2D eigenvalue weighted by atomic mass is 9.78. The molecule has 6 nitrogen and oxygen atoms in total. The number of phenols is 1. The first-order chi connectivity index (χ1) is 10.3. The van der Waals surface area contributed by atoms with Crippen molar-refractivity contribution in [2.24, 2.45) is 11.8 Å². The monoisotopic (exact) mass is 324 g/mol. The average molecular weight is 324 g/mol. The maximum atomic E-state index is 12.0. The summed E-state index contributed by atoms with van der Waals surface area (Å²) in [6.45, 7) is 4.37. The van der Waals surface area contributed by atoms with Crippen LogP contribution in [0.25, 0.3) is 0 Å². The number of benzene rings is 1. The Bertz CT molecular complexity index is 740. The molecule has 1 unspecified atom stereocenters. The maximum absolute atomic E-state index is 12.0. The minimum Gasteiger partial charge on any atom is -0.506 e. The van der Waals surface area contributed by atoms with Crippen molar-refractivity contribution in [3.05, 3.63) is 35.3 Å². The Morgan fingerprint density at radius 2 is 2.00 bits per heavy atom. The van der Waals surface area contributed by atoms with Gasteiger partial charge in [0.1, 0.15) is 11.4 Å². The van der Waals surface area contributed by atoms with E-state index in [0.29, 0.717) is 11.8 Å². The van der Waals surface area contributed by atoms with E-state index in [0.717, 1.165) is 40.9 Å². The van der Waals surface area contributed by atoms with E-state index < -0.39 is 16.1 Å².